The maximum absolute atomic E-state index is 4.99. The summed E-state index contributed by atoms with van der Waals surface area (Å²) in [5.74, 6) is 2.70. The van der Waals surface area contributed by atoms with Gasteiger partial charge in [0.25, 0.3) is 0 Å². The second kappa shape index (κ2) is 4.66. The molecule has 0 saturated heterocycles. The first kappa shape index (κ1) is 10.5. The van der Waals surface area contributed by atoms with Crippen molar-refractivity contribution in [1.82, 2.24) is 9.55 Å². The van der Waals surface area contributed by atoms with Crippen LogP contribution in [0, 0.1) is 11.8 Å². The Labute approximate surface area is 90.6 Å². The lowest BCUT2D eigenvalue weighted by molar-refractivity contribution is 0.210. The predicted molar refractivity (Wildman–Crippen MR) is 59.9 cm³/mol. The lowest BCUT2D eigenvalue weighted by Crippen LogP contribution is -2.13. The molecule has 4 nitrogen and oxygen atoms in total. The van der Waals surface area contributed by atoms with Crippen LogP contribution < -0.4 is 5.32 Å². The summed E-state index contributed by atoms with van der Waals surface area (Å²) in [6.07, 6.45) is 5.25. The molecule has 0 bridgehead atoms. The minimum Gasteiger partial charge on any atom is -0.383 e. The molecule has 2 atom stereocenters. The van der Waals surface area contributed by atoms with E-state index in [1.54, 1.807) is 7.11 Å². The standard InChI is InChI=1S/C11H19N3O/c1-9-7-10(9)8-14-5-3-12-11(14)13-4-6-15-2/h3,5,9-10H,4,6-8H2,1-2H3,(H,12,13). The molecule has 1 aromatic rings. The lowest BCUT2D eigenvalue weighted by atomic mass is 10.3. The fraction of sp³-hybridized carbons (Fsp3) is 0.727. The van der Waals surface area contributed by atoms with E-state index in [4.69, 9.17) is 4.74 Å². The monoisotopic (exact) mass is 209 g/mol. The zero-order valence-electron chi connectivity index (χ0n) is 9.44. The molecular weight excluding hydrogens is 190 g/mol. The number of hydrogen-bond acceptors (Lipinski definition) is 3. The number of methoxy groups -OCH3 is 1. The Morgan fingerprint density at radius 2 is 2.47 bits per heavy atom. The Balaban J connectivity index is 1.84. The first-order valence-electron chi connectivity index (χ1n) is 5.55. The molecule has 0 aromatic carbocycles. The molecule has 0 spiro atoms. The second-order valence-corrected chi connectivity index (χ2v) is 4.30. The van der Waals surface area contributed by atoms with Gasteiger partial charge in [-0.05, 0) is 18.3 Å². The molecule has 4 heteroatoms. The Bertz CT molecular complexity index is 311. The molecule has 2 unspecified atom stereocenters. The van der Waals surface area contributed by atoms with Gasteiger partial charge in [0, 0.05) is 32.6 Å². The summed E-state index contributed by atoms with van der Waals surface area (Å²) < 4.78 is 7.19. The van der Waals surface area contributed by atoms with Crippen molar-refractivity contribution >= 4 is 5.95 Å². The summed E-state index contributed by atoms with van der Waals surface area (Å²) >= 11 is 0. The van der Waals surface area contributed by atoms with Gasteiger partial charge >= 0.3 is 0 Å². The number of nitrogens with one attached hydrogen (secondary N) is 1. The van der Waals surface area contributed by atoms with Crippen LogP contribution in [0.3, 0.4) is 0 Å². The molecule has 2 rings (SSSR count). The molecule has 1 N–H and O–H groups in total. The zero-order chi connectivity index (χ0) is 10.7. The van der Waals surface area contributed by atoms with Crippen LogP contribution in [0.1, 0.15) is 13.3 Å². The lowest BCUT2D eigenvalue weighted by Gasteiger charge is -2.08. The van der Waals surface area contributed by atoms with Crippen molar-refractivity contribution in [2.75, 3.05) is 25.6 Å². The Morgan fingerprint density at radius 1 is 1.67 bits per heavy atom. The highest BCUT2D eigenvalue weighted by Gasteiger charge is 2.32. The predicted octanol–water partition coefficient (Wildman–Crippen LogP) is 1.60. The highest BCUT2D eigenvalue weighted by atomic mass is 16.5. The van der Waals surface area contributed by atoms with Crippen LogP contribution in [-0.2, 0) is 11.3 Å². The average molecular weight is 209 g/mol. The van der Waals surface area contributed by atoms with Crippen LogP contribution in [0.15, 0.2) is 12.4 Å². The van der Waals surface area contributed by atoms with Crippen LogP contribution in [0.5, 0.6) is 0 Å². The molecule has 1 aliphatic carbocycles. The second-order valence-electron chi connectivity index (χ2n) is 4.30. The minimum atomic E-state index is 0.715. The summed E-state index contributed by atoms with van der Waals surface area (Å²) in [6.45, 7) is 4.93. The van der Waals surface area contributed by atoms with Gasteiger partial charge in [0.1, 0.15) is 0 Å². The van der Waals surface area contributed by atoms with Crippen molar-refractivity contribution < 1.29 is 4.74 Å². The Morgan fingerprint density at radius 3 is 3.13 bits per heavy atom. The van der Waals surface area contributed by atoms with Gasteiger partial charge in [0.2, 0.25) is 5.95 Å². The fourth-order valence-electron chi connectivity index (χ4n) is 1.79. The van der Waals surface area contributed by atoms with Gasteiger partial charge in [-0.15, -0.1) is 0 Å². The van der Waals surface area contributed by atoms with Crippen molar-refractivity contribution in [3.8, 4) is 0 Å². The number of hydrogen-bond donors (Lipinski definition) is 1. The van der Waals surface area contributed by atoms with Crippen LogP contribution in [-0.4, -0.2) is 29.8 Å². The van der Waals surface area contributed by atoms with Crippen molar-refractivity contribution in [2.45, 2.75) is 19.9 Å². The summed E-state index contributed by atoms with van der Waals surface area (Å²) in [4.78, 5) is 4.29. The number of imidazole rings is 1. The summed E-state index contributed by atoms with van der Waals surface area (Å²) in [7, 11) is 1.71. The fourth-order valence-corrected chi connectivity index (χ4v) is 1.79. The number of anilines is 1. The quantitative estimate of drug-likeness (QED) is 0.723. The molecule has 1 aliphatic rings. The SMILES string of the molecule is COCCNc1nccn1CC1CC1C. The third kappa shape index (κ3) is 2.72. The van der Waals surface area contributed by atoms with E-state index in [-0.39, 0.29) is 0 Å². The van der Waals surface area contributed by atoms with Crippen molar-refractivity contribution in [3.63, 3.8) is 0 Å². The van der Waals surface area contributed by atoms with Gasteiger partial charge in [-0.1, -0.05) is 6.92 Å². The number of aromatic nitrogens is 2. The third-order valence-corrected chi connectivity index (χ3v) is 3.01. The van der Waals surface area contributed by atoms with E-state index < -0.39 is 0 Å². The highest BCUT2D eigenvalue weighted by Crippen LogP contribution is 2.39. The van der Waals surface area contributed by atoms with Gasteiger partial charge in [-0.2, -0.15) is 0 Å². The number of nitrogens with zero attached hydrogens (tertiary/aromatic N) is 2. The van der Waals surface area contributed by atoms with Crippen LogP contribution >= 0.6 is 0 Å². The Kier molecular flexibility index (Phi) is 3.26. The van der Waals surface area contributed by atoms with Gasteiger partial charge in [-0.25, -0.2) is 4.98 Å². The molecular formula is C11H19N3O. The van der Waals surface area contributed by atoms with E-state index in [9.17, 15) is 0 Å². The summed E-state index contributed by atoms with van der Waals surface area (Å²) in [5, 5.41) is 3.27. The molecule has 84 valence electrons. The summed E-state index contributed by atoms with van der Waals surface area (Å²) in [6, 6.07) is 0. The third-order valence-electron chi connectivity index (χ3n) is 3.01. The van der Waals surface area contributed by atoms with Crippen molar-refractivity contribution in [3.05, 3.63) is 12.4 Å². The van der Waals surface area contributed by atoms with E-state index in [2.05, 4.69) is 21.8 Å². The Hall–Kier alpha value is -1.03. The van der Waals surface area contributed by atoms with Crippen LogP contribution in [0.4, 0.5) is 5.95 Å². The molecule has 0 aliphatic heterocycles. The molecule has 1 heterocycles. The highest BCUT2D eigenvalue weighted by molar-refractivity contribution is 5.25. The normalized spacial score (nSPS) is 24.1. The van der Waals surface area contributed by atoms with Gasteiger partial charge in [0.15, 0.2) is 0 Å². The topological polar surface area (TPSA) is 39.1 Å². The van der Waals surface area contributed by atoms with E-state index >= 15 is 0 Å². The molecule has 1 fully saturated rings. The van der Waals surface area contributed by atoms with Crippen molar-refractivity contribution in [2.24, 2.45) is 11.8 Å². The van der Waals surface area contributed by atoms with E-state index in [1.165, 1.54) is 6.42 Å². The maximum atomic E-state index is 4.99. The van der Waals surface area contributed by atoms with Crippen LogP contribution in [0.2, 0.25) is 0 Å². The first-order chi connectivity index (χ1) is 7.31. The number of rotatable bonds is 6. The average Bonchev–Trinajstić information content (AvgIpc) is 2.75. The molecule has 1 aromatic heterocycles. The van der Waals surface area contributed by atoms with Gasteiger partial charge in [-0.3, -0.25) is 0 Å². The molecule has 1 saturated carbocycles. The summed E-state index contributed by atoms with van der Waals surface area (Å²) in [5.41, 5.74) is 0. The van der Waals surface area contributed by atoms with E-state index in [0.29, 0.717) is 6.61 Å². The first-order valence-corrected chi connectivity index (χ1v) is 5.55. The van der Waals surface area contributed by atoms with Crippen LogP contribution in [0.25, 0.3) is 0 Å². The largest absolute Gasteiger partial charge is 0.383 e. The van der Waals surface area contributed by atoms with E-state index in [0.717, 1.165) is 30.9 Å². The molecule has 0 amide bonds. The van der Waals surface area contributed by atoms with Gasteiger partial charge in [0.05, 0.1) is 6.61 Å². The molecule has 0 radical (unpaired) electrons. The smallest absolute Gasteiger partial charge is 0.202 e. The van der Waals surface area contributed by atoms with E-state index in [1.807, 2.05) is 12.4 Å². The van der Waals surface area contributed by atoms with Crippen molar-refractivity contribution in [1.29, 1.82) is 0 Å². The molecule has 15 heavy (non-hydrogen) atoms. The maximum Gasteiger partial charge on any atom is 0.202 e. The number of ether oxygens (including phenoxy) is 1. The van der Waals surface area contributed by atoms with Gasteiger partial charge < -0.3 is 14.6 Å². The minimum absolute atomic E-state index is 0.715. The zero-order valence-corrected chi connectivity index (χ0v) is 9.44.